The maximum Gasteiger partial charge on any atom is 0.101 e. The van der Waals surface area contributed by atoms with Gasteiger partial charge >= 0.3 is 0 Å². The summed E-state index contributed by atoms with van der Waals surface area (Å²) in [4.78, 5) is 0. The molecule has 2 N–H and O–H groups in total. The van der Waals surface area contributed by atoms with Crippen LogP contribution >= 0.6 is 27.3 Å². The molecule has 0 atom stereocenters. The van der Waals surface area contributed by atoms with Gasteiger partial charge in [-0.05, 0) is 81.4 Å². The average molecular weight is 408 g/mol. The van der Waals surface area contributed by atoms with Crippen LogP contribution in [0.3, 0.4) is 0 Å². The minimum Gasteiger partial charge on any atom is -0.390 e. The van der Waals surface area contributed by atoms with Crippen molar-refractivity contribution in [1.29, 1.82) is 0 Å². The third-order valence-electron chi connectivity index (χ3n) is 4.66. The average Bonchev–Trinajstić information content (AvgIpc) is 2.90. The second kappa shape index (κ2) is 6.32. The van der Waals surface area contributed by atoms with Crippen molar-refractivity contribution in [3.05, 3.63) is 76.3 Å². The molecule has 0 aliphatic heterocycles. The molecule has 0 bridgehead atoms. The summed E-state index contributed by atoms with van der Waals surface area (Å²) in [6.07, 6.45) is 0. The lowest BCUT2D eigenvalue weighted by atomic mass is 9.93. The zero-order valence-electron chi connectivity index (χ0n) is 14.1. The van der Waals surface area contributed by atoms with Crippen LogP contribution in [0, 0.1) is 13.8 Å². The summed E-state index contributed by atoms with van der Waals surface area (Å²) in [6.45, 7) is 4.34. The van der Waals surface area contributed by atoms with E-state index in [9.17, 15) is 0 Å². The van der Waals surface area contributed by atoms with Gasteiger partial charge in [-0.1, -0.05) is 42.5 Å². The van der Waals surface area contributed by atoms with Crippen molar-refractivity contribution < 1.29 is 0 Å². The molecule has 3 heteroatoms. The summed E-state index contributed by atoms with van der Waals surface area (Å²) >= 11 is 5.23. The molecule has 0 saturated heterocycles. The van der Waals surface area contributed by atoms with Crippen molar-refractivity contribution in [2.24, 2.45) is 0 Å². The molecular formula is C22H18BrNS. The van der Waals surface area contributed by atoms with Crippen LogP contribution in [0.5, 0.6) is 0 Å². The van der Waals surface area contributed by atoms with E-state index in [1.807, 2.05) is 0 Å². The Morgan fingerprint density at radius 2 is 1.48 bits per heavy atom. The maximum atomic E-state index is 6.05. The van der Waals surface area contributed by atoms with Crippen molar-refractivity contribution >= 4 is 42.4 Å². The number of fused-ring (bicyclic) bond motifs is 1. The summed E-state index contributed by atoms with van der Waals surface area (Å²) in [5.41, 5.74) is 13.7. The number of halogens is 1. The van der Waals surface area contributed by atoms with Gasteiger partial charge in [-0.25, -0.2) is 0 Å². The molecular weight excluding hydrogens is 390 g/mol. The molecule has 0 saturated carbocycles. The van der Waals surface area contributed by atoms with Gasteiger partial charge in [0.15, 0.2) is 0 Å². The molecule has 1 heterocycles. The van der Waals surface area contributed by atoms with Crippen LogP contribution in [-0.2, 0) is 0 Å². The number of anilines is 1. The molecule has 0 spiro atoms. The van der Waals surface area contributed by atoms with E-state index in [-0.39, 0.29) is 0 Å². The molecule has 0 unspecified atom stereocenters. The Balaban J connectivity index is 1.88. The van der Waals surface area contributed by atoms with Crippen LogP contribution in [0.4, 0.5) is 5.00 Å². The molecule has 0 aliphatic rings. The Kier molecular flexibility index (Phi) is 4.14. The van der Waals surface area contributed by atoms with Crippen LogP contribution in [0.15, 0.2) is 65.1 Å². The zero-order chi connectivity index (χ0) is 17.6. The lowest BCUT2D eigenvalue weighted by Gasteiger charge is -2.12. The molecule has 25 heavy (non-hydrogen) atoms. The predicted octanol–water partition coefficient (Wildman–Crippen LogP) is 7.20. The van der Waals surface area contributed by atoms with Gasteiger partial charge in [0, 0.05) is 10.1 Å². The topological polar surface area (TPSA) is 26.0 Å². The van der Waals surface area contributed by atoms with Crippen LogP contribution in [0.25, 0.3) is 32.3 Å². The number of nitrogens with two attached hydrogens (primary N) is 1. The van der Waals surface area contributed by atoms with Gasteiger partial charge < -0.3 is 5.73 Å². The number of benzene rings is 3. The fourth-order valence-corrected chi connectivity index (χ4v) is 4.78. The Hall–Kier alpha value is -2.10. The number of hydrogen-bond acceptors (Lipinski definition) is 2. The molecule has 1 aromatic heterocycles. The van der Waals surface area contributed by atoms with Gasteiger partial charge in [0.2, 0.25) is 0 Å². The van der Waals surface area contributed by atoms with Crippen LogP contribution in [0.2, 0.25) is 0 Å². The molecule has 4 aromatic rings. The highest BCUT2D eigenvalue weighted by Gasteiger charge is 2.11. The highest BCUT2D eigenvalue weighted by atomic mass is 79.9. The first-order chi connectivity index (χ1) is 12.0. The Labute approximate surface area is 160 Å². The van der Waals surface area contributed by atoms with Crippen molar-refractivity contribution in [3.63, 3.8) is 0 Å². The first-order valence-corrected chi connectivity index (χ1v) is 9.80. The number of rotatable bonds is 2. The summed E-state index contributed by atoms with van der Waals surface area (Å²) in [6, 6.07) is 21.8. The monoisotopic (exact) mass is 407 g/mol. The second-order valence-corrected chi connectivity index (χ2v) is 8.21. The van der Waals surface area contributed by atoms with Crippen molar-refractivity contribution in [3.8, 4) is 22.3 Å². The molecule has 0 amide bonds. The quantitative estimate of drug-likeness (QED) is 0.373. The highest BCUT2D eigenvalue weighted by molar-refractivity contribution is 9.10. The van der Waals surface area contributed by atoms with Gasteiger partial charge in [-0.15, -0.1) is 11.3 Å². The second-order valence-electron chi connectivity index (χ2n) is 6.34. The molecule has 3 aromatic carbocycles. The fourth-order valence-electron chi connectivity index (χ4n) is 3.23. The summed E-state index contributed by atoms with van der Waals surface area (Å²) in [5.74, 6) is 0. The summed E-state index contributed by atoms with van der Waals surface area (Å²) < 4.78 is 2.21. The Bertz CT molecular complexity index is 1090. The molecule has 1 nitrogen and oxygen atoms in total. The molecule has 0 radical (unpaired) electrons. The van der Waals surface area contributed by atoms with Crippen LogP contribution in [-0.4, -0.2) is 0 Å². The number of nitrogen functional groups attached to an aromatic ring is 1. The highest BCUT2D eigenvalue weighted by Crippen LogP contribution is 2.40. The van der Waals surface area contributed by atoms with E-state index in [0.717, 1.165) is 9.47 Å². The van der Waals surface area contributed by atoms with E-state index < -0.39 is 0 Å². The first-order valence-electron chi connectivity index (χ1n) is 8.19. The zero-order valence-corrected chi connectivity index (χ0v) is 16.5. The van der Waals surface area contributed by atoms with E-state index in [4.69, 9.17) is 5.73 Å². The Morgan fingerprint density at radius 1 is 0.800 bits per heavy atom. The molecule has 0 fully saturated rings. The third kappa shape index (κ3) is 2.88. The molecule has 0 aliphatic carbocycles. The predicted molar refractivity (Wildman–Crippen MR) is 114 cm³/mol. The molecule has 4 rings (SSSR count). The lowest BCUT2D eigenvalue weighted by Crippen LogP contribution is -1.88. The summed E-state index contributed by atoms with van der Waals surface area (Å²) in [7, 11) is 0. The number of hydrogen-bond donors (Lipinski definition) is 1. The standard InChI is InChI=1S/C22H18BrNS/c1-13-5-3-4-6-17(13)18-11-15(8-7-14(18)2)16-9-10-20-19(12-16)21(23)22(24)25-20/h3-12H,24H2,1-2H3. The van der Waals surface area contributed by atoms with Crippen molar-refractivity contribution in [1.82, 2.24) is 0 Å². The summed E-state index contributed by atoms with van der Waals surface area (Å²) in [5, 5.41) is 2.01. The number of aryl methyl sites for hydroxylation is 2. The van der Waals surface area contributed by atoms with Gasteiger partial charge in [-0.3, -0.25) is 0 Å². The van der Waals surface area contributed by atoms with E-state index >= 15 is 0 Å². The fraction of sp³-hybridized carbons (Fsp3) is 0.0909. The minimum absolute atomic E-state index is 0.830. The maximum absolute atomic E-state index is 6.05. The van der Waals surface area contributed by atoms with Crippen molar-refractivity contribution in [2.45, 2.75) is 13.8 Å². The van der Waals surface area contributed by atoms with Gasteiger partial charge in [0.25, 0.3) is 0 Å². The number of thiophene rings is 1. The van der Waals surface area contributed by atoms with Crippen molar-refractivity contribution in [2.75, 3.05) is 5.73 Å². The lowest BCUT2D eigenvalue weighted by molar-refractivity contribution is 1.41. The molecule has 124 valence electrons. The van der Waals surface area contributed by atoms with Crippen LogP contribution < -0.4 is 5.73 Å². The normalized spacial score (nSPS) is 11.2. The van der Waals surface area contributed by atoms with E-state index in [0.29, 0.717) is 0 Å². The van der Waals surface area contributed by atoms with Crippen LogP contribution in [0.1, 0.15) is 11.1 Å². The smallest absolute Gasteiger partial charge is 0.101 e. The van der Waals surface area contributed by atoms with E-state index in [1.54, 1.807) is 11.3 Å². The van der Waals surface area contributed by atoms with Gasteiger partial charge in [-0.2, -0.15) is 0 Å². The van der Waals surface area contributed by atoms with Gasteiger partial charge in [0.1, 0.15) is 5.00 Å². The van der Waals surface area contributed by atoms with E-state index in [2.05, 4.69) is 90.4 Å². The van der Waals surface area contributed by atoms with Gasteiger partial charge in [0.05, 0.1) is 4.47 Å². The van der Waals surface area contributed by atoms with E-state index in [1.165, 1.54) is 43.5 Å². The largest absolute Gasteiger partial charge is 0.390 e. The SMILES string of the molecule is Cc1ccccc1-c1cc(-c2ccc3sc(N)c(Br)c3c2)ccc1C. The first kappa shape index (κ1) is 16.4. The Morgan fingerprint density at radius 3 is 2.28 bits per heavy atom. The minimum atomic E-state index is 0.830. The third-order valence-corrected chi connectivity index (χ3v) is 6.78.